The molecule has 0 spiro atoms. The average molecular weight is 472 g/mol. The van der Waals surface area contributed by atoms with Crippen molar-refractivity contribution in [3.63, 3.8) is 0 Å². The Labute approximate surface area is 191 Å². The SMILES string of the molecule is CCCCc1ccc(S(=O)(=O)c2cnc(SCC(=O)Nc3cccc(C)c3)[nH]c2=O)cc1. The van der Waals surface area contributed by atoms with Crippen LogP contribution >= 0.6 is 11.8 Å². The number of unbranched alkanes of at least 4 members (excludes halogenated alkanes) is 1. The molecule has 0 aliphatic carbocycles. The molecule has 0 unspecified atom stereocenters. The van der Waals surface area contributed by atoms with Crippen molar-refractivity contribution in [3.05, 3.63) is 76.2 Å². The Morgan fingerprint density at radius 2 is 1.91 bits per heavy atom. The lowest BCUT2D eigenvalue weighted by Crippen LogP contribution is -2.20. The maximum absolute atomic E-state index is 12.9. The maximum Gasteiger partial charge on any atom is 0.270 e. The third kappa shape index (κ3) is 6.08. The van der Waals surface area contributed by atoms with Gasteiger partial charge < -0.3 is 10.3 Å². The molecule has 7 nitrogen and oxygen atoms in total. The molecule has 0 atom stereocenters. The summed E-state index contributed by atoms with van der Waals surface area (Å²) in [5.74, 6) is -0.245. The average Bonchev–Trinajstić information content (AvgIpc) is 2.76. The smallest absolute Gasteiger partial charge is 0.270 e. The van der Waals surface area contributed by atoms with Crippen LogP contribution in [0.1, 0.15) is 30.9 Å². The van der Waals surface area contributed by atoms with Gasteiger partial charge in [0, 0.05) is 5.69 Å². The zero-order chi connectivity index (χ0) is 23.1. The molecule has 2 N–H and O–H groups in total. The highest BCUT2D eigenvalue weighted by atomic mass is 32.2. The maximum atomic E-state index is 12.9. The van der Waals surface area contributed by atoms with Crippen molar-refractivity contribution in [1.82, 2.24) is 9.97 Å². The first-order valence-electron chi connectivity index (χ1n) is 10.2. The van der Waals surface area contributed by atoms with Crippen LogP contribution in [0.25, 0.3) is 0 Å². The Bertz CT molecular complexity index is 1250. The number of nitrogens with zero attached hydrogens (tertiary/aromatic N) is 1. The van der Waals surface area contributed by atoms with Crippen molar-refractivity contribution in [2.45, 2.75) is 48.1 Å². The van der Waals surface area contributed by atoms with Gasteiger partial charge in [-0.3, -0.25) is 9.59 Å². The van der Waals surface area contributed by atoms with Gasteiger partial charge in [-0.15, -0.1) is 0 Å². The van der Waals surface area contributed by atoms with Crippen molar-refractivity contribution in [2.75, 3.05) is 11.1 Å². The summed E-state index contributed by atoms with van der Waals surface area (Å²) in [6, 6.07) is 14.0. The van der Waals surface area contributed by atoms with E-state index in [1.54, 1.807) is 18.2 Å². The Morgan fingerprint density at radius 1 is 1.16 bits per heavy atom. The molecule has 0 aliphatic heterocycles. The van der Waals surface area contributed by atoms with Crippen molar-refractivity contribution < 1.29 is 13.2 Å². The molecule has 1 aromatic heterocycles. The van der Waals surface area contributed by atoms with Gasteiger partial charge in [0.2, 0.25) is 15.7 Å². The summed E-state index contributed by atoms with van der Waals surface area (Å²) in [5.41, 5.74) is 1.98. The molecule has 3 aromatic rings. The molecule has 2 aromatic carbocycles. The topological polar surface area (TPSA) is 109 Å². The highest BCUT2D eigenvalue weighted by molar-refractivity contribution is 7.99. The molecule has 1 amide bonds. The van der Waals surface area contributed by atoms with Gasteiger partial charge in [-0.1, -0.05) is 49.4 Å². The van der Waals surface area contributed by atoms with Crippen molar-refractivity contribution >= 4 is 33.2 Å². The molecule has 168 valence electrons. The number of carbonyl (C=O) groups excluding carboxylic acids is 1. The van der Waals surface area contributed by atoms with Gasteiger partial charge in [-0.25, -0.2) is 13.4 Å². The van der Waals surface area contributed by atoms with E-state index in [4.69, 9.17) is 0 Å². The third-order valence-electron chi connectivity index (χ3n) is 4.73. The summed E-state index contributed by atoms with van der Waals surface area (Å²) >= 11 is 1.02. The van der Waals surface area contributed by atoms with Crippen LogP contribution in [0, 0.1) is 6.92 Å². The van der Waals surface area contributed by atoms with Gasteiger partial charge >= 0.3 is 0 Å². The van der Waals surface area contributed by atoms with Crippen molar-refractivity contribution in [1.29, 1.82) is 0 Å². The number of anilines is 1. The van der Waals surface area contributed by atoms with Crippen molar-refractivity contribution in [2.24, 2.45) is 0 Å². The minimum absolute atomic E-state index is 0.0161. The number of benzene rings is 2. The highest BCUT2D eigenvalue weighted by Crippen LogP contribution is 2.20. The lowest BCUT2D eigenvalue weighted by Gasteiger charge is -2.07. The first-order valence-corrected chi connectivity index (χ1v) is 12.7. The summed E-state index contributed by atoms with van der Waals surface area (Å²) in [4.78, 5) is 30.7. The molecule has 0 aliphatic rings. The second-order valence-electron chi connectivity index (χ2n) is 7.34. The van der Waals surface area contributed by atoms with E-state index in [1.807, 2.05) is 25.1 Å². The summed E-state index contributed by atoms with van der Waals surface area (Å²) in [5, 5.41) is 2.94. The molecular formula is C23H25N3O4S2. The minimum Gasteiger partial charge on any atom is -0.325 e. The number of nitrogens with one attached hydrogen (secondary N) is 2. The first kappa shape index (κ1) is 23.7. The number of amides is 1. The molecule has 3 rings (SSSR count). The molecule has 9 heteroatoms. The van der Waals surface area contributed by atoms with Gasteiger partial charge in [0.25, 0.3) is 5.56 Å². The molecule has 0 fully saturated rings. The number of hydrogen-bond acceptors (Lipinski definition) is 6. The van der Waals surface area contributed by atoms with E-state index in [0.717, 1.165) is 48.3 Å². The zero-order valence-corrected chi connectivity index (χ0v) is 19.6. The number of aromatic amines is 1. The van der Waals surface area contributed by atoms with Gasteiger partial charge in [-0.05, 0) is 55.2 Å². The van der Waals surface area contributed by atoms with Crippen LogP contribution in [0.15, 0.2) is 74.5 Å². The molecule has 0 bridgehead atoms. The predicted octanol–water partition coefficient (Wildman–Crippen LogP) is 3.98. The number of carbonyl (C=O) groups is 1. The Hall–Kier alpha value is -2.91. The van der Waals surface area contributed by atoms with E-state index in [0.29, 0.717) is 5.69 Å². The van der Waals surface area contributed by atoms with Crippen LogP contribution in [0.5, 0.6) is 0 Å². The highest BCUT2D eigenvalue weighted by Gasteiger charge is 2.22. The third-order valence-corrected chi connectivity index (χ3v) is 7.38. The van der Waals surface area contributed by atoms with E-state index in [9.17, 15) is 18.0 Å². The lowest BCUT2D eigenvalue weighted by molar-refractivity contribution is -0.113. The fourth-order valence-electron chi connectivity index (χ4n) is 3.03. The summed E-state index contributed by atoms with van der Waals surface area (Å²) < 4.78 is 25.7. The van der Waals surface area contributed by atoms with Crippen LogP contribution < -0.4 is 10.9 Å². The first-order chi connectivity index (χ1) is 15.3. The van der Waals surface area contributed by atoms with E-state index < -0.39 is 20.3 Å². The van der Waals surface area contributed by atoms with Crippen LogP contribution in [-0.2, 0) is 21.1 Å². The number of aromatic nitrogens is 2. The van der Waals surface area contributed by atoms with Gasteiger partial charge in [0.1, 0.15) is 0 Å². The number of rotatable bonds is 9. The lowest BCUT2D eigenvalue weighted by atomic mass is 10.1. The van der Waals surface area contributed by atoms with E-state index >= 15 is 0 Å². The molecule has 32 heavy (non-hydrogen) atoms. The Morgan fingerprint density at radius 3 is 2.56 bits per heavy atom. The van der Waals surface area contributed by atoms with Crippen LogP contribution in [0.3, 0.4) is 0 Å². The van der Waals surface area contributed by atoms with E-state index in [1.165, 1.54) is 12.1 Å². The Kier molecular flexibility index (Phi) is 7.87. The van der Waals surface area contributed by atoms with E-state index in [2.05, 4.69) is 22.2 Å². The van der Waals surface area contributed by atoms with Crippen molar-refractivity contribution in [3.8, 4) is 0 Å². The van der Waals surface area contributed by atoms with Gasteiger partial charge in [0.15, 0.2) is 10.1 Å². The number of sulfone groups is 1. The largest absolute Gasteiger partial charge is 0.325 e. The van der Waals surface area contributed by atoms with E-state index in [-0.39, 0.29) is 21.7 Å². The molecule has 0 radical (unpaired) electrons. The molecule has 0 saturated heterocycles. The van der Waals surface area contributed by atoms with Crippen LogP contribution in [0.2, 0.25) is 0 Å². The second kappa shape index (κ2) is 10.6. The number of thioether (sulfide) groups is 1. The summed E-state index contributed by atoms with van der Waals surface area (Å²) in [6.07, 6.45) is 4.00. The fourth-order valence-corrected chi connectivity index (χ4v) is 4.90. The fraction of sp³-hybridized carbons (Fsp3) is 0.261. The molecular weight excluding hydrogens is 446 g/mol. The zero-order valence-electron chi connectivity index (χ0n) is 17.9. The summed E-state index contributed by atoms with van der Waals surface area (Å²) in [6.45, 7) is 4.02. The van der Waals surface area contributed by atoms with Crippen LogP contribution in [0.4, 0.5) is 5.69 Å². The van der Waals surface area contributed by atoms with Gasteiger partial charge in [0.05, 0.1) is 16.8 Å². The normalized spacial score (nSPS) is 11.3. The van der Waals surface area contributed by atoms with Gasteiger partial charge in [-0.2, -0.15) is 0 Å². The van der Waals surface area contributed by atoms with Crippen LogP contribution in [-0.4, -0.2) is 30.0 Å². The monoisotopic (exact) mass is 471 g/mol. The molecule has 0 saturated carbocycles. The number of aryl methyl sites for hydroxylation is 2. The Balaban J connectivity index is 1.67. The molecule has 1 heterocycles. The quantitative estimate of drug-likeness (QED) is 0.361. The predicted molar refractivity (Wildman–Crippen MR) is 126 cm³/mol. The summed E-state index contributed by atoms with van der Waals surface area (Å²) in [7, 11) is -3.99. The second-order valence-corrected chi connectivity index (χ2v) is 10.2. The standard InChI is InChI=1S/C23H25N3O4S2/c1-3-4-7-17-9-11-19(12-10-17)32(29,30)20-14-24-23(26-22(20)28)31-15-21(27)25-18-8-5-6-16(2)13-18/h5-6,8-14H,3-4,7,15H2,1-2H3,(H,25,27)(H,24,26,28). The minimum atomic E-state index is -3.99. The number of hydrogen-bond donors (Lipinski definition) is 2. The number of H-pyrrole nitrogens is 1.